The summed E-state index contributed by atoms with van der Waals surface area (Å²) >= 11 is 7.16. The van der Waals surface area contributed by atoms with Gasteiger partial charge < -0.3 is 9.30 Å². The summed E-state index contributed by atoms with van der Waals surface area (Å²) in [5.41, 5.74) is 0.917. The van der Waals surface area contributed by atoms with Gasteiger partial charge in [0.25, 0.3) is 11.5 Å². The quantitative estimate of drug-likeness (QED) is 0.579. The number of hydrogen-bond donors (Lipinski definition) is 1. The van der Waals surface area contributed by atoms with Crippen LogP contribution in [0.2, 0.25) is 5.02 Å². The number of benzene rings is 1. The van der Waals surface area contributed by atoms with Gasteiger partial charge >= 0.3 is 5.97 Å². The van der Waals surface area contributed by atoms with Gasteiger partial charge in [-0.1, -0.05) is 23.7 Å². The molecule has 0 spiro atoms. The molecule has 2 heterocycles. The zero-order valence-electron chi connectivity index (χ0n) is 15.6. The number of aromatic nitrogens is 2. The highest BCUT2D eigenvalue weighted by molar-refractivity contribution is 7.14. The average Bonchev–Trinajstić information content (AvgIpc) is 3.10. The molecule has 1 N–H and O–H groups in total. The zero-order valence-corrected chi connectivity index (χ0v) is 17.1. The lowest BCUT2D eigenvalue weighted by molar-refractivity contribution is -0.142. The van der Waals surface area contributed by atoms with Crippen molar-refractivity contribution in [3.8, 4) is 0 Å². The molecule has 0 saturated carbocycles. The largest absolute Gasteiger partial charge is 0.466 e. The number of nitrogens with zero attached hydrogens (tertiary/aromatic N) is 2. The topological polar surface area (TPSA) is 90.3 Å². The predicted molar refractivity (Wildman–Crippen MR) is 112 cm³/mol. The summed E-state index contributed by atoms with van der Waals surface area (Å²) in [5.74, 6) is -0.949. The Labute approximate surface area is 175 Å². The van der Waals surface area contributed by atoms with Crippen molar-refractivity contribution in [2.75, 3.05) is 11.9 Å². The number of esters is 1. The van der Waals surface area contributed by atoms with Gasteiger partial charge in [-0.3, -0.25) is 19.7 Å². The van der Waals surface area contributed by atoms with Crippen LogP contribution in [-0.2, 0) is 22.5 Å². The van der Waals surface area contributed by atoms with Crippen LogP contribution in [0, 0.1) is 0 Å². The van der Waals surface area contributed by atoms with Crippen LogP contribution in [0.4, 0.5) is 5.13 Å². The highest BCUT2D eigenvalue weighted by Gasteiger charge is 2.15. The minimum Gasteiger partial charge on any atom is -0.466 e. The number of halogens is 1. The van der Waals surface area contributed by atoms with Gasteiger partial charge in [0.2, 0.25) is 0 Å². The van der Waals surface area contributed by atoms with Crippen LogP contribution in [0.5, 0.6) is 0 Å². The Kier molecular flexibility index (Phi) is 6.79. The molecule has 3 rings (SSSR count). The van der Waals surface area contributed by atoms with Crippen molar-refractivity contribution in [1.82, 2.24) is 9.55 Å². The maximum absolute atomic E-state index is 12.7. The Bertz CT molecular complexity index is 1090. The first-order valence-electron chi connectivity index (χ1n) is 8.81. The van der Waals surface area contributed by atoms with E-state index in [1.165, 1.54) is 22.0 Å². The number of carbonyl (C=O) groups excluding carboxylic acids is 2. The summed E-state index contributed by atoms with van der Waals surface area (Å²) < 4.78 is 6.32. The lowest BCUT2D eigenvalue weighted by Gasteiger charge is -2.08. The van der Waals surface area contributed by atoms with Gasteiger partial charge in [-0.15, -0.1) is 11.3 Å². The van der Waals surface area contributed by atoms with Gasteiger partial charge in [-0.2, -0.15) is 0 Å². The van der Waals surface area contributed by atoms with Crippen molar-refractivity contribution < 1.29 is 14.3 Å². The first kappa shape index (κ1) is 20.8. The predicted octanol–water partition coefficient (Wildman–Crippen LogP) is 3.36. The molecule has 1 amide bonds. The second kappa shape index (κ2) is 9.49. The normalized spacial score (nSPS) is 10.6. The third-order valence-corrected chi connectivity index (χ3v) is 4.95. The number of ether oxygens (including phenoxy) is 1. The molecule has 3 aromatic rings. The Morgan fingerprint density at radius 2 is 2.10 bits per heavy atom. The number of rotatable bonds is 7. The van der Waals surface area contributed by atoms with Crippen molar-refractivity contribution in [1.29, 1.82) is 0 Å². The van der Waals surface area contributed by atoms with Gasteiger partial charge in [0.1, 0.15) is 5.56 Å². The fraction of sp³-hybridized carbons (Fsp3) is 0.200. The third-order valence-electron chi connectivity index (χ3n) is 3.91. The summed E-state index contributed by atoms with van der Waals surface area (Å²) in [7, 11) is 0. The van der Waals surface area contributed by atoms with E-state index in [1.54, 1.807) is 42.8 Å². The van der Waals surface area contributed by atoms with Crippen LogP contribution in [0.1, 0.15) is 28.5 Å². The Morgan fingerprint density at radius 1 is 1.28 bits per heavy atom. The van der Waals surface area contributed by atoms with Gasteiger partial charge in [0, 0.05) is 16.6 Å². The maximum Gasteiger partial charge on any atom is 0.311 e. The average molecular weight is 432 g/mol. The van der Waals surface area contributed by atoms with E-state index >= 15 is 0 Å². The lowest BCUT2D eigenvalue weighted by atomic mass is 10.2. The highest BCUT2D eigenvalue weighted by Crippen LogP contribution is 2.17. The molecule has 0 aliphatic heterocycles. The van der Waals surface area contributed by atoms with Gasteiger partial charge in [-0.05, 0) is 36.8 Å². The fourth-order valence-corrected chi connectivity index (χ4v) is 3.55. The van der Waals surface area contributed by atoms with E-state index in [0.717, 1.165) is 5.56 Å². The summed E-state index contributed by atoms with van der Waals surface area (Å²) in [4.78, 5) is 41.0. The fourth-order valence-electron chi connectivity index (χ4n) is 2.64. The molecule has 0 aliphatic rings. The molecule has 9 heteroatoms. The van der Waals surface area contributed by atoms with Crippen molar-refractivity contribution in [3.63, 3.8) is 0 Å². The maximum atomic E-state index is 12.7. The van der Waals surface area contributed by atoms with E-state index in [1.807, 2.05) is 6.07 Å². The Morgan fingerprint density at radius 3 is 2.86 bits per heavy atom. The molecule has 150 valence electrons. The number of hydrogen-bond acceptors (Lipinski definition) is 6. The number of nitrogens with one attached hydrogen (secondary N) is 1. The first-order chi connectivity index (χ1) is 14.0. The standard InChI is InChI=1S/C20H18ClN3O4S/c1-2-28-17(25)10-15-12-29-20(22-15)23-18(26)16-7-4-8-24(19(16)27)11-13-5-3-6-14(21)9-13/h3-9,12H,2,10-11H2,1H3,(H,22,23,26). The van der Waals surface area contributed by atoms with Crippen LogP contribution < -0.4 is 10.9 Å². The summed E-state index contributed by atoms with van der Waals surface area (Å²) in [6.07, 6.45) is 1.64. The van der Waals surface area contributed by atoms with Crippen molar-refractivity contribution in [3.05, 3.63) is 80.2 Å². The van der Waals surface area contributed by atoms with Gasteiger partial charge in [0.05, 0.1) is 25.3 Å². The molecule has 1 aromatic carbocycles. The molecule has 29 heavy (non-hydrogen) atoms. The second-order valence-electron chi connectivity index (χ2n) is 6.06. The van der Waals surface area contributed by atoms with Crippen LogP contribution in [0.3, 0.4) is 0 Å². The molecular weight excluding hydrogens is 414 g/mol. The highest BCUT2D eigenvalue weighted by atomic mass is 35.5. The summed E-state index contributed by atoms with van der Waals surface area (Å²) in [5, 5.41) is 5.15. The molecule has 7 nitrogen and oxygen atoms in total. The molecule has 0 aliphatic carbocycles. The number of carbonyl (C=O) groups is 2. The molecular formula is C20H18ClN3O4S. The van der Waals surface area contributed by atoms with E-state index in [2.05, 4.69) is 10.3 Å². The SMILES string of the molecule is CCOC(=O)Cc1csc(NC(=O)c2cccn(Cc3cccc(Cl)c3)c2=O)n1. The van der Waals surface area contributed by atoms with Crippen LogP contribution in [0.25, 0.3) is 0 Å². The number of amides is 1. The Hall–Kier alpha value is -2.97. The zero-order chi connectivity index (χ0) is 20.8. The van der Waals surface area contributed by atoms with E-state index < -0.39 is 11.5 Å². The van der Waals surface area contributed by atoms with E-state index in [-0.39, 0.29) is 18.0 Å². The lowest BCUT2D eigenvalue weighted by Crippen LogP contribution is -2.29. The first-order valence-corrected chi connectivity index (χ1v) is 10.1. The van der Waals surface area contributed by atoms with Crippen LogP contribution >= 0.6 is 22.9 Å². The van der Waals surface area contributed by atoms with E-state index in [4.69, 9.17) is 16.3 Å². The monoisotopic (exact) mass is 431 g/mol. The van der Waals surface area contributed by atoms with Crippen LogP contribution in [-0.4, -0.2) is 28.0 Å². The van der Waals surface area contributed by atoms with Crippen molar-refractivity contribution in [2.45, 2.75) is 19.9 Å². The molecule has 0 saturated heterocycles. The smallest absolute Gasteiger partial charge is 0.311 e. The van der Waals surface area contributed by atoms with E-state index in [0.29, 0.717) is 29.0 Å². The van der Waals surface area contributed by atoms with Crippen molar-refractivity contribution in [2.24, 2.45) is 0 Å². The third kappa shape index (κ3) is 5.52. The number of anilines is 1. The Balaban J connectivity index is 1.72. The minimum absolute atomic E-state index is 0.00308. The molecule has 2 aromatic heterocycles. The van der Waals surface area contributed by atoms with Gasteiger partial charge in [-0.25, -0.2) is 4.98 Å². The van der Waals surface area contributed by atoms with Gasteiger partial charge in [0.15, 0.2) is 5.13 Å². The summed E-state index contributed by atoms with van der Waals surface area (Å²) in [6, 6.07) is 10.3. The molecule has 0 bridgehead atoms. The molecule has 0 atom stereocenters. The molecule has 0 unspecified atom stereocenters. The number of pyridine rings is 1. The van der Waals surface area contributed by atoms with Crippen molar-refractivity contribution >= 4 is 39.9 Å². The summed E-state index contributed by atoms with van der Waals surface area (Å²) in [6.45, 7) is 2.31. The minimum atomic E-state index is -0.563. The molecule has 0 radical (unpaired) electrons. The van der Waals surface area contributed by atoms with Crippen LogP contribution in [0.15, 0.2) is 52.8 Å². The second-order valence-corrected chi connectivity index (χ2v) is 7.36. The van der Waals surface area contributed by atoms with E-state index in [9.17, 15) is 14.4 Å². The molecule has 0 fully saturated rings. The number of thiazole rings is 1.